The minimum absolute atomic E-state index is 0.00292. The molecule has 5 nitrogen and oxygen atoms in total. The number of halogens is 5. The van der Waals surface area contributed by atoms with Crippen molar-refractivity contribution >= 4 is 44.5 Å². The number of nitrogens with zero attached hydrogens (tertiary/aromatic N) is 1. The highest BCUT2D eigenvalue weighted by molar-refractivity contribution is 7.92. The summed E-state index contributed by atoms with van der Waals surface area (Å²) < 4.78 is 65.1. The average Bonchev–Trinajstić information content (AvgIpc) is 3.12. The molecule has 33 heavy (non-hydrogen) atoms. The Hall–Kier alpha value is -2.10. The van der Waals surface area contributed by atoms with E-state index in [9.17, 15) is 26.4 Å². The van der Waals surface area contributed by atoms with E-state index >= 15 is 0 Å². The van der Waals surface area contributed by atoms with Crippen molar-refractivity contribution in [3.05, 3.63) is 68.7 Å². The summed E-state index contributed by atoms with van der Waals surface area (Å²) in [6.07, 6.45) is -5.30. The predicted molar refractivity (Wildman–Crippen MR) is 119 cm³/mol. The number of benzene rings is 2. The predicted octanol–water partition coefficient (Wildman–Crippen LogP) is 5.50. The van der Waals surface area contributed by atoms with Gasteiger partial charge in [0, 0.05) is 34.0 Å². The molecule has 11 heteroatoms. The van der Waals surface area contributed by atoms with Crippen molar-refractivity contribution in [3.63, 3.8) is 0 Å². The van der Waals surface area contributed by atoms with Crippen LogP contribution in [0.1, 0.15) is 39.9 Å². The molecule has 2 aromatic carbocycles. The number of carbonyl (C=O) groups excluding carboxylic acids is 1. The van der Waals surface area contributed by atoms with E-state index in [0.29, 0.717) is 16.7 Å². The Morgan fingerprint density at radius 3 is 2.33 bits per heavy atom. The molecule has 2 aromatic rings. The van der Waals surface area contributed by atoms with Gasteiger partial charge in [-0.1, -0.05) is 40.5 Å². The number of carbonyl (C=O) groups is 1. The Morgan fingerprint density at radius 1 is 1.15 bits per heavy atom. The fraction of sp³-hybridized carbons (Fsp3) is 0.364. The first-order valence-electron chi connectivity index (χ1n) is 9.93. The normalized spacial score (nSPS) is 22.4. The molecule has 0 saturated carbocycles. The number of ketones is 1. The zero-order chi connectivity index (χ0) is 24.2. The molecule has 2 heterocycles. The first-order valence-corrected chi connectivity index (χ1v) is 12.5. The third kappa shape index (κ3) is 4.63. The van der Waals surface area contributed by atoms with Gasteiger partial charge < -0.3 is 4.84 Å². The lowest BCUT2D eigenvalue weighted by molar-refractivity contribution is -0.275. The third-order valence-corrected chi connectivity index (χ3v) is 8.22. The Kier molecular flexibility index (Phi) is 6.04. The maximum Gasteiger partial charge on any atom is 0.435 e. The molecular formula is C22H18Cl2F3NO4S. The lowest BCUT2D eigenvalue weighted by Crippen LogP contribution is -2.42. The number of hydrogen-bond donors (Lipinski definition) is 0. The first kappa shape index (κ1) is 24.0. The van der Waals surface area contributed by atoms with Crippen LogP contribution in [0.25, 0.3) is 0 Å². The van der Waals surface area contributed by atoms with Crippen molar-refractivity contribution in [1.29, 1.82) is 0 Å². The number of hydrogen-bond acceptors (Lipinski definition) is 5. The molecule has 176 valence electrons. The number of rotatable bonds is 5. The van der Waals surface area contributed by atoms with Crippen molar-refractivity contribution in [3.8, 4) is 0 Å². The zero-order valence-electron chi connectivity index (χ0n) is 17.2. The smallest absolute Gasteiger partial charge is 0.374 e. The highest BCUT2D eigenvalue weighted by Gasteiger charge is 2.62. The summed E-state index contributed by atoms with van der Waals surface area (Å²) in [7, 11) is -3.03. The molecule has 0 N–H and O–H groups in total. The van der Waals surface area contributed by atoms with Crippen LogP contribution in [-0.4, -0.2) is 37.6 Å². The number of sulfone groups is 1. The summed E-state index contributed by atoms with van der Waals surface area (Å²) in [6, 6.07) is 8.22. The van der Waals surface area contributed by atoms with Gasteiger partial charge in [0.25, 0.3) is 5.60 Å². The van der Waals surface area contributed by atoms with Crippen LogP contribution < -0.4 is 0 Å². The van der Waals surface area contributed by atoms with Crippen LogP contribution in [0.4, 0.5) is 13.2 Å². The lowest BCUT2D eigenvalue weighted by atomic mass is 9.86. The summed E-state index contributed by atoms with van der Waals surface area (Å²) in [6.45, 7) is 1.67. The number of alkyl halides is 3. The van der Waals surface area contributed by atoms with Crippen molar-refractivity contribution < 1.29 is 31.2 Å². The maximum atomic E-state index is 14.1. The van der Waals surface area contributed by atoms with Gasteiger partial charge in [-0.05, 0) is 48.2 Å². The van der Waals surface area contributed by atoms with Crippen LogP contribution in [0, 0.1) is 12.8 Å². The Labute approximate surface area is 198 Å². The summed E-state index contributed by atoms with van der Waals surface area (Å²) in [5, 5.41) is 3.80. The van der Waals surface area contributed by atoms with E-state index in [-0.39, 0.29) is 50.9 Å². The van der Waals surface area contributed by atoms with Gasteiger partial charge in [-0.15, -0.1) is 0 Å². The van der Waals surface area contributed by atoms with E-state index in [4.69, 9.17) is 28.0 Å². The van der Waals surface area contributed by atoms with Crippen molar-refractivity contribution in [2.45, 2.75) is 31.5 Å². The maximum absolute atomic E-state index is 14.1. The second-order valence-corrected chi connectivity index (χ2v) is 11.4. The van der Waals surface area contributed by atoms with E-state index in [2.05, 4.69) is 5.16 Å². The molecule has 0 radical (unpaired) electrons. The van der Waals surface area contributed by atoms with Gasteiger partial charge >= 0.3 is 6.18 Å². The molecule has 1 saturated heterocycles. The monoisotopic (exact) mass is 519 g/mol. The van der Waals surface area contributed by atoms with Crippen LogP contribution in [0.15, 0.2) is 41.6 Å². The zero-order valence-corrected chi connectivity index (χ0v) is 19.6. The number of oxime groups is 1. The topological polar surface area (TPSA) is 72.8 Å². The van der Waals surface area contributed by atoms with Crippen LogP contribution in [0.2, 0.25) is 10.0 Å². The summed E-state index contributed by atoms with van der Waals surface area (Å²) in [4.78, 5) is 17.6. The molecule has 2 aliphatic heterocycles. The molecule has 2 aliphatic rings. The van der Waals surface area contributed by atoms with E-state index in [1.807, 2.05) is 0 Å². The standard InChI is InChI=1S/C22H18Cl2F3NO4S/c1-12-4-14(2-3-18(12)20(29)5-13-10-33(30,31)11-13)19-9-21(32-28-19,22(25,26)27)15-6-16(23)8-17(24)7-15/h2-4,6-8,13H,5,9-11H2,1H3. The second kappa shape index (κ2) is 8.29. The fourth-order valence-electron chi connectivity index (χ4n) is 4.16. The second-order valence-electron chi connectivity index (χ2n) is 8.39. The van der Waals surface area contributed by atoms with Gasteiger partial charge in [-0.3, -0.25) is 4.79 Å². The summed E-state index contributed by atoms with van der Waals surface area (Å²) in [5.41, 5.74) is -1.60. The molecular weight excluding hydrogens is 502 g/mol. The van der Waals surface area contributed by atoms with Crippen molar-refractivity contribution in [1.82, 2.24) is 0 Å². The molecule has 4 rings (SSSR count). The van der Waals surface area contributed by atoms with E-state index in [0.717, 1.165) is 12.1 Å². The quantitative estimate of drug-likeness (QED) is 0.488. The van der Waals surface area contributed by atoms with Gasteiger partial charge in [-0.25, -0.2) is 8.42 Å². The van der Waals surface area contributed by atoms with E-state index in [1.54, 1.807) is 13.0 Å². The van der Waals surface area contributed by atoms with Crippen molar-refractivity contribution in [2.75, 3.05) is 11.5 Å². The van der Waals surface area contributed by atoms with Crippen LogP contribution in [0.3, 0.4) is 0 Å². The molecule has 1 unspecified atom stereocenters. The molecule has 0 aromatic heterocycles. The SMILES string of the molecule is Cc1cc(C2=NOC(c3cc(Cl)cc(Cl)c3)(C(F)(F)F)C2)ccc1C(=O)CC1CS(=O)(=O)C1. The number of aryl methyl sites for hydroxylation is 1. The molecule has 0 aliphatic carbocycles. The van der Waals surface area contributed by atoms with Crippen LogP contribution >= 0.6 is 23.2 Å². The molecule has 0 amide bonds. The van der Waals surface area contributed by atoms with Gasteiger partial charge in [0.2, 0.25) is 0 Å². The average molecular weight is 520 g/mol. The van der Waals surface area contributed by atoms with Gasteiger partial charge in [0.05, 0.1) is 17.2 Å². The lowest BCUT2D eigenvalue weighted by Gasteiger charge is -2.29. The van der Waals surface area contributed by atoms with Crippen LogP contribution in [-0.2, 0) is 20.3 Å². The highest BCUT2D eigenvalue weighted by Crippen LogP contribution is 2.49. The Bertz CT molecular complexity index is 1240. The minimum Gasteiger partial charge on any atom is -0.374 e. The summed E-state index contributed by atoms with van der Waals surface area (Å²) >= 11 is 11.8. The van der Waals surface area contributed by atoms with E-state index < -0.39 is 28.0 Å². The molecule has 0 spiro atoms. The van der Waals surface area contributed by atoms with Crippen LogP contribution in [0.5, 0.6) is 0 Å². The fourth-order valence-corrected chi connectivity index (χ4v) is 6.26. The Balaban J connectivity index is 1.57. The Morgan fingerprint density at radius 2 is 1.79 bits per heavy atom. The highest BCUT2D eigenvalue weighted by atomic mass is 35.5. The largest absolute Gasteiger partial charge is 0.435 e. The minimum atomic E-state index is -4.81. The van der Waals surface area contributed by atoms with Gasteiger partial charge in [0.15, 0.2) is 15.6 Å². The first-order chi connectivity index (χ1) is 15.3. The van der Waals surface area contributed by atoms with Crippen molar-refractivity contribution in [2.24, 2.45) is 11.1 Å². The molecule has 1 fully saturated rings. The third-order valence-electron chi connectivity index (χ3n) is 5.83. The van der Waals surface area contributed by atoms with Gasteiger partial charge in [-0.2, -0.15) is 13.2 Å². The molecule has 0 bridgehead atoms. The summed E-state index contributed by atoms with van der Waals surface area (Å²) in [5.74, 6) is -0.415. The van der Waals surface area contributed by atoms with E-state index in [1.165, 1.54) is 18.2 Å². The molecule has 1 atom stereocenters. The van der Waals surface area contributed by atoms with Gasteiger partial charge in [0.1, 0.15) is 0 Å². The number of Topliss-reactive ketones (excluding diaryl/α,β-unsaturated/α-hetero) is 1.